The van der Waals surface area contributed by atoms with E-state index in [9.17, 15) is 18.7 Å². The minimum absolute atomic E-state index is 0.0845. The minimum atomic E-state index is -2.69. The highest BCUT2D eigenvalue weighted by atomic mass is 19.3. The van der Waals surface area contributed by atoms with Crippen LogP contribution in [0.3, 0.4) is 0 Å². The summed E-state index contributed by atoms with van der Waals surface area (Å²) in [5.74, 6) is -0.675. The molecule has 0 aliphatic carbocycles. The summed E-state index contributed by atoms with van der Waals surface area (Å²) in [7, 11) is 1.75. The molecule has 2 aromatic carbocycles. The number of halogens is 2. The molecule has 0 bridgehead atoms. The van der Waals surface area contributed by atoms with Gasteiger partial charge in [-0.05, 0) is 71.2 Å². The number of fused-ring (bicyclic) bond motifs is 2. The Morgan fingerprint density at radius 1 is 1.13 bits per heavy atom. The molecule has 9 heteroatoms. The Balaban J connectivity index is 1.55. The van der Waals surface area contributed by atoms with Crippen molar-refractivity contribution in [1.82, 2.24) is 14.8 Å². The molecule has 4 aromatic rings. The lowest BCUT2D eigenvalue weighted by atomic mass is 9.92. The number of nitrogens with zero attached hydrogens (tertiary/aromatic N) is 4. The number of hydrogen-bond acceptors (Lipinski definition) is 5. The molecule has 0 atom stereocenters. The largest absolute Gasteiger partial charge is 0.477 e. The first kappa shape index (κ1) is 24.2. The van der Waals surface area contributed by atoms with Gasteiger partial charge in [-0.3, -0.25) is 4.68 Å². The molecule has 0 radical (unpaired) electrons. The Bertz CT molecular complexity index is 1590. The number of aromatic nitrogens is 3. The van der Waals surface area contributed by atoms with Crippen LogP contribution in [0.25, 0.3) is 27.5 Å². The Hall–Kier alpha value is -4.11. The first-order valence-corrected chi connectivity index (χ1v) is 12.6. The summed E-state index contributed by atoms with van der Waals surface area (Å²) < 4.78 is 35.7. The van der Waals surface area contributed by atoms with E-state index in [1.165, 1.54) is 6.07 Å². The van der Waals surface area contributed by atoms with E-state index in [0.29, 0.717) is 42.4 Å². The lowest BCUT2D eigenvalue weighted by Gasteiger charge is -2.32. The summed E-state index contributed by atoms with van der Waals surface area (Å²) in [6, 6.07) is 10.8. The van der Waals surface area contributed by atoms with E-state index in [4.69, 9.17) is 4.74 Å². The summed E-state index contributed by atoms with van der Waals surface area (Å²) >= 11 is 0. The molecule has 2 aliphatic heterocycles. The molecule has 0 saturated heterocycles. The van der Waals surface area contributed by atoms with Crippen molar-refractivity contribution in [1.29, 1.82) is 0 Å². The summed E-state index contributed by atoms with van der Waals surface area (Å²) in [4.78, 5) is 18.4. The fourth-order valence-electron chi connectivity index (χ4n) is 5.39. The van der Waals surface area contributed by atoms with Crippen LogP contribution in [-0.4, -0.2) is 45.6 Å². The minimum Gasteiger partial charge on any atom is -0.477 e. The van der Waals surface area contributed by atoms with E-state index in [1.54, 1.807) is 30.2 Å². The molecule has 2 aliphatic rings. The highest BCUT2D eigenvalue weighted by Crippen LogP contribution is 2.43. The van der Waals surface area contributed by atoms with Gasteiger partial charge in [0.05, 0.1) is 19.4 Å². The molecule has 2 aromatic heterocycles. The van der Waals surface area contributed by atoms with Gasteiger partial charge in [-0.2, -0.15) is 5.10 Å². The van der Waals surface area contributed by atoms with Gasteiger partial charge >= 0.3 is 5.97 Å². The molecule has 0 saturated carbocycles. The highest BCUT2D eigenvalue weighted by Gasteiger charge is 2.27. The molecule has 0 spiro atoms. The third kappa shape index (κ3) is 4.32. The van der Waals surface area contributed by atoms with Gasteiger partial charge in [0.15, 0.2) is 5.69 Å². The van der Waals surface area contributed by atoms with Crippen LogP contribution in [0.4, 0.5) is 20.3 Å². The first-order valence-electron chi connectivity index (χ1n) is 12.6. The van der Waals surface area contributed by atoms with Gasteiger partial charge in [-0.15, -0.1) is 0 Å². The summed E-state index contributed by atoms with van der Waals surface area (Å²) in [5, 5.41) is 15.5. The normalized spacial score (nSPS) is 15.6. The van der Waals surface area contributed by atoms with Crippen molar-refractivity contribution in [3.63, 3.8) is 0 Å². The number of ether oxygens (including phenoxy) is 1. The number of alkyl halides is 2. The van der Waals surface area contributed by atoms with Crippen LogP contribution in [0.2, 0.25) is 0 Å². The van der Waals surface area contributed by atoms with Crippen molar-refractivity contribution >= 4 is 33.8 Å². The Labute approximate surface area is 218 Å². The van der Waals surface area contributed by atoms with Gasteiger partial charge in [0.25, 0.3) is 6.43 Å². The topological polar surface area (TPSA) is 80.5 Å². The van der Waals surface area contributed by atoms with Crippen molar-refractivity contribution < 1.29 is 23.4 Å². The molecule has 0 amide bonds. The van der Waals surface area contributed by atoms with E-state index in [1.807, 2.05) is 29.2 Å². The van der Waals surface area contributed by atoms with Crippen LogP contribution in [0, 0.1) is 0 Å². The highest BCUT2D eigenvalue weighted by molar-refractivity contribution is 6.01. The molecular weight excluding hydrogens is 490 g/mol. The molecule has 4 heterocycles. The van der Waals surface area contributed by atoms with Crippen molar-refractivity contribution in [2.24, 2.45) is 7.05 Å². The SMILES string of the molecule is Cn1cc(-c2cc3c(cc2C(F)F)N(c2nc(C(=O)O)cc4ccc(C5=CCOCC5)cc24)CCC3)cn1. The average molecular weight is 517 g/mol. The zero-order valence-electron chi connectivity index (χ0n) is 20.8. The lowest BCUT2D eigenvalue weighted by molar-refractivity contribution is 0.0690. The third-order valence-corrected chi connectivity index (χ3v) is 7.24. The number of benzene rings is 2. The average Bonchev–Trinajstić information content (AvgIpc) is 3.37. The molecule has 38 heavy (non-hydrogen) atoms. The van der Waals surface area contributed by atoms with Crippen LogP contribution in [0.15, 0.2) is 54.9 Å². The van der Waals surface area contributed by atoms with Crippen molar-refractivity contribution in [2.45, 2.75) is 25.7 Å². The number of aryl methyl sites for hydroxylation is 2. The van der Waals surface area contributed by atoms with E-state index in [-0.39, 0.29) is 11.3 Å². The van der Waals surface area contributed by atoms with Gasteiger partial charge < -0.3 is 14.7 Å². The summed E-state index contributed by atoms with van der Waals surface area (Å²) in [5.41, 5.74) is 4.64. The maximum atomic E-state index is 14.3. The molecule has 0 fully saturated rings. The fourth-order valence-corrected chi connectivity index (χ4v) is 5.39. The van der Waals surface area contributed by atoms with Crippen LogP contribution in [0.5, 0.6) is 0 Å². The number of aromatic carboxylic acids is 1. The number of carbonyl (C=O) groups is 1. The van der Waals surface area contributed by atoms with Gasteiger partial charge in [0, 0.05) is 42.0 Å². The van der Waals surface area contributed by atoms with Gasteiger partial charge in [-0.1, -0.05) is 18.2 Å². The number of rotatable bonds is 5. The molecule has 7 nitrogen and oxygen atoms in total. The fraction of sp³-hybridized carbons (Fsp3) is 0.276. The van der Waals surface area contributed by atoms with Gasteiger partial charge in [0.1, 0.15) is 5.82 Å². The third-order valence-electron chi connectivity index (χ3n) is 7.24. The molecule has 1 N–H and O–H groups in total. The predicted molar refractivity (Wildman–Crippen MR) is 141 cm³/mol. The van der Waals surface area contributed by atoms with E-state index in [2.05, 4.69) is 16.2 Å². The smallest absolute Gasteiger partial charge is 0.354 e. The molecule has 0 unspecified atom stereocenters. The van der Waals surface area contributed by atoms with Crippen molar-refractivity contribution in [3.8, 4) is 11.1 Å². The van der Waals surface area contributed by atoms with Crippen LogP contribution < -0.4 is 4.90 Å². The maximum Gasteiger partial charge on any atom is 0.354 e. The van der Waals surface area contributed by atoms with E-state index >= 15 is 0 Å². The zero-order chi connectivity index (χ0) is 26.4. The number of anilines is 2. The second-order valence-electron chi connectivity index (χ2n) is 9.65. The van der Waals surface area contributed by atoms with Crippen LogP contribution in [-0.2, 0) is 18.2 Å². The second-order valence-corrected chi connectivity index (χ2v) is 9.65. The molecular formula is C29H26F2N4O3. The number of hydrogen-bond donors (Lipinski definition) is 1. The quantitative estimate of drug-likeness (QED) is 0.342. The second kappa shape index (κ2) is 9.64. The van der Waals surface area contributed by atoms with E-state index in [0.717, 1.165) is 46.7 Å². The molecule has 194 valence electrons. The number of pyridine rings is 1. The van der Waals surface area contributed by atoms with Crippen LogP contribution in [0.1, 0.15) is 46.4 Å². The Morgan fingerprint density at radius 2 is 2.00 bits per heavy atom. The van der Waals surface area contributed by atoms with Gasteiger partial charge in [0.2, 0.25) is 0 Å². The first-order chi connectivity index (χ1) is 18.4. The maximum absolute atomic E-state index is 14.3. The predicted octanol–water partition coefficient (Wildman–Crippen LogP) is 6.16. The number of carboxylic acids is 1. The van der Waals surface area contributed by atoms with Crippen molar-refractivity contribution in [3.05, 3.63) is 77.3 Å². The standard InChI is InChI=1S/C29H26F2N4O3/c1-34-16-21(15-32-34)22-12-20-3-2-8-35(26(20)14-24(22)27(30)31)28-23-11-18(17-6-9-38-10-7-17)4-5-19(23)13-25(33-28)29(36)37/h4-6,11-16,27H,2-3,7-10H2,1H3,(H,36,37). The molecule has 6 rings (SSSR count). The Kier molecular flexibility index (Phi) is 6.15. The summed E-state index contributed by atoms with van der Waals surface area (Å²) in [6.07, 6.45) is 4.95. The Morgan fingerprint density at radius 3 is 2.71 bits per heavy atom. The zero-order valence-corrected chi connectivity index (χ0v) is 20.8. The van der Waals surface area contributed by atoms with Crippen molar-refractivity contribution in [2.75, 3.05) is 24.7 Å². The number of carboxylic acid groups (broad SMARTS) is 1. The van der Waals surface area contributed by atoms with Crippen LogP contribution >= 0.6 is 0 Å². The van der Waals surface area contributed by atoms with Gasteiger partial charge in [-0.25, -0.2) is 18.6 Å². The summed E-state index contributed by atoms with van der Waals surface area (Å²) in [6.45, 7) is 1.72. The monoisotopic (exact) mass is 516 g/mol. The van der Waals surface area contributed by atoms with E-state index < -0.39 is 12.4 Å². The lowest BCUT2D eigenvalue weighted by Crippen LogP contribution is -2.26.